The number of hydrogen-bond donors (Lipinski definition) is 0. The van der Waals surface area contributed by atoms with E-state index in [1.807, 2.05) is 30.3 Å². The molecule has 0 aliphatic carbocycles. The number of rotatable bonds is 10. The van der Waals surface area contributed by atoms with Gasteiger partial charge >= 0.3 is 0 Å². The van der Waals surface area contributed by atoms with E-state index in [1.165, 1.54) is 18.2 Å². The van der Waals surface area contributed by atoms with Gasteiger partial charge in [0, 0.05) is 6.07 Å². The third-order valence-electron chi connectivity index (χ3n) is 4.09. The lowest BCUT2D eigenvalue weighted by molar-refractivity contribution is 0.102. The molecular weight excluding hydrogens is 362 g/mol. The molecule has 0 fully saturated rings. The molecule has 0 aliphatic heterocycles. The summed E-state index contributed by atoms with van der Waals surface area (Å²) in [6.07, 6.45) is 0.697. The van der Waals surface area contributed by atoms with E-state index in [-0.39, 0.29) is 11.6 Å². The fourth-order valence-corrected chi connectivity index (χ4v) is 2.59. The van der Waals surface area contributed by atoms with E-state index < -0.39 is 5.82 Å². The minimum atomic E-state index is -0.467. The summed E-state index contributed by atoms with van der Waals surface area (Å²) in [5.74, 6) is -0.106. The largest absolute Gasteiger partial charge is 0.491 e. The lowest BCUT2D eigenvalue weighted by Gasteiger charge is -2.10. The molecule has 5 heteroatoms. The van der Waals surface area contributed by atoms with Crippen LogP contribution in [0.4, 0.5) is 8.78 Å². The van der Waals surface area contributed by atoms with Crippen LogP contribution < -0.4 is 9.47 Å². The maximum absolute atomic E-state index is 14.1. The number of benzene rings is 3. The van der Waals surface area contributed by atoms with Crippen LogP contribution in [0.3, 0.4) is 0 Å². The quantitative estimate of drug-likeness (QED) is 0.451. The summed E-state index contributed by atoms with van der Waals surface area (Å²) in [4.78, 5) is 0. The molecule has 3 rings (SSSR count). The lowest BCUT2D eigenvalue weighted by Crippen LogP contribution is -2.09. The van der Waals surface area contributed by atoms with Gasteiger partial charge in [0.1, 0.15) is 24.8 Å². The van der Waals surface area contributed by atoms with Crippen LogP contribution in [0.5, 0.6) is 11.5 Å². The van der Waals surface area contributed by atoms with Crippen molar-refractivity contribution in [3.05, 3.63) is 95.6 Å². The average molecular weight is 384 g/mol. The Labute approximate surface area is 163 Å². The minimum absolute atomic E-state index is 0.187. The van der Waals surface area contributed by atoms with Crippen LogP contribution in [0.1, 0.15) is 11.1 Å². The highest BCUT2D eigenvalue weighted by Gasteiger charge is 2.06. The molecule has 0 aliphatic rings. The van der Waals surface area contributed by atoms with Crippen LogP contribution in [0.25, 0.3) is 0 Å². The molecule has 28 heavy (non-hydrogen) atoms. The molecule has 0 radical (unpaired) electrons. The number of ether oxygens (including phenoxy) is 3. The summed E-state index contributed by atoms with van der Waals surface area (Å²) in [5, 5.41) is 0. The molecule has 0 N–H and O–H groups in total. The van der Waals surface area contributed by atoms with Gasteiger partial charge in [-0.15, -0.1) is 0 Å². The molecule has 0 amide bonds. The molecule has 3 nitrogen and oxygen atoms in total. The van der Waals surface area contributed by atoms with Crippen molar-refractivity contribution in [1.29, 1.82) is 0 Å². The smallest absolute Gasteiger partial charge is 0.168 e. The molecule has 0 atom stereocenters. The minimum Gasteiger partial charge on any atom is -0.491 e. The molecule has 146 valence electrons. The van der Waals surface area contributed by atoms with Gasteiger partial charge in [0.25, 0.3) is 0 Å². The van der Waals surface area contributed by atoms with Crippen molar-refractivity contribution in [1.82, 2.24) is 0 Å². The van der Waals surface area contributed by atoms with Gasteiger partial charge in [-0.1, -0.05) is 42.5 Å². The van der Waals surface area contributed by atoms with Gasteiger partial charge in [-0.25, -0.2) is 8.78 Å². The molecule has 0 aromatic heterocycles. The summed E-state index contributed by atoms with van der Waals surface area (Å²) in [5.41, 5.74) is 1.98. The monoisotopic (exact) mass is 384 g/mol. The second-order valence-electron chi connectivity index (χ2n) is 6.20. The molecule has 0 unspecified atom stereocenters. The molecule has 0 heterocycles. The predicted octanol–water partition coefficient (Wildman–Crippen LogP) is 5.18. The lowest BCUT2D eigenvalue weighted by atomic mass is 10.2. The summed E-state index contributed by atoms with van der Waals surface area (Å²) in [6.45, 7) is 1.51. The molecule has 0 spiro atoms. The van der Waals surface area contributed by atoms with E-state index in [9.17, 15) is 8.78 Å². The Hall–Kier alpha value is -2.92. The first-order chi connectivity index (χ1) is 13.7. The average Bonchev–Trinajstić information content (AvgIpc) is 2.72. The SMILES string of the molecule is Fc1ccc(CCOCCOc2ccc(OCc3ccccc3)c(F)c2)cc1. The first kappa shape index (κ1) is 19.8. The van der Waals surface area contributed by atoms with Gasteiger partial charge in [-0.2, -0.15) is 0 Å². The van der Waals surface area contributed by atoms with Crippen LogP contribution in [0, 0.1) is 11.6 Å². The first-order valence-corrected chi connectivity index (χ1v) is 9.12. The Kier molecular flexibility index (Phi) is 7.38. The van der Waals surface area contributed by atoms with Crippen LogP contribution in [-0.2, 0) is 17.8 Å². The van der Waals surface area contributed by atoms with E-state index in [1.54, 1.807) is 24.3 Å². The van der Waals surface area contributed by atoms with Gasteiger partial charge in [-0.3, -0.25) is 0 Å². The highest BCUT2D eigenvalue weighted by Crippen LogP contribution is 2.23. The maximum atomic E-state index is 14.1. The van der Waals surface area contributed by atoms with Gasteiger partial charge in [0.05, 0.1) is 13.2 Å². The highest BCUT2D eigenvalue weighted by molar-refractivity contribution is 5.33. The fourth-order valence-electron chi connectivity index (χ4n) is 2.59. The summed E-state index contributed by atoms with van der Waals surface area (Å²) in [7, 11) is 0. The van der Waals surface area contributed by atoms with Gasteiger partial charge in [0.2, 0.25) is 0 Å². The topological polar surface area (TPSA) is 27.7 Å². The van der Waals surface area contributed by atoms with Crippen molar-refractivity contribution in [3.63, 3.8) is 0 Å². The first-order valence-electron chi connectivity index (χ1n) is 9.12. The Morgan fingerprint density at radius 1 is 0.679 bits per heavy atom. The van der Waals surface area contributed by atoms with E-state index in [4.69, 9.17) is 14.2 Å². The highest BCUT2D eigenvalue weighted by atomic mass is 19.1. The number of hydrogen-bond acceptors (Lipinski definition) is 3. The van der Waals surface area contributed by atoms with Gasteiger partial charge < -0.3 is 14.2 Å². The summed E-state index contributed by atoms with van der Waals surface area (Å²) >= 11 is 0. The standard InChI is InChI=1S/C23H22F2O3/c24-20-8-6-18(7-9-20)12-13-26-14-15-27-21-10-11-23(22(25)16-21)28-17-19-4-2-1-3-5-19/h1-11,16H,12-15,17H2. The van der Waals surface area contributed by atoms with Gasteiger partial charge in [0.15, 0.2) is 11.6 Å². The van der Waals surface area contributed by atoms with E-state index in [2.05, 4.69) is 0 Å². The zero-order valence-electron chi connectivity index (χ0n) is 15.4. The van der Waals surface area contributed by atoms with Crippen molar-refractivity contribution in [2.75, 3.05) is 19.8 Å². The van der Waals surface area contributed by atoms with Crippen molar-refractivity contribution in [2.24, 2.45) is 0 Å². The number of halogens is 2. The van der Waals surface area contributed by atoms with Crippen molar-refractivity contribution in [2.45, 2.75) is 13.0 Å². The second-order valence-corrected chi connectivity index (χ2v) is 6.20. The molecule has 0 saturated heterocycles. The Morgan fingerprint density at radius 2 is 1.46 bits per heavy atom. The van der Waals surface area contributed by atoms with Crippen LogP contribution >= 0.6 is 0 Å². The Balaban J connectivity index is 1.35. The van der Waals surface area contributed by atoms with Crippen molar-refractivity contribution >= 4 is 0 Å². The Bertz CT molecular complexity index is 851. The van der Waals surface area contributed by atoms with E-state index in [0.29, 0.717) is 38.6 Å². The van der Waals surface area contributed by atoms with Crippen LogP contribution in [-0.4, -0.2) is 19.8 Å². The third-order valence-corrected chi connectivity index (χ3v) is 4.09. The molecule has 3 aromatic carbocycles. The zero-order chi connectivity index (χ0) is 19.6. The van der Waals surface area contributed by atoms with Crippen molar-refractivity contribution in [3.8, 4) is 11.5 Å². The molecule has 0 saturated carbocycles. The Morgan fingerprint density at radius 3 is 2.21 bits per heavy atom. The molecule has 3 aromatic rings. The maximum Gasteiger partial charge on any atom is 0.168 e. The normalized spacial score (nSPS) is 10.6. The summed E-state index contributed by atoms with van der Waals surface area (Å²) in [6, 6.07) is 20.4. The molecular formula is C23H22F2O3. The predicted molar refractivity (Wildman–Crippen MR) is 104 cm³/mol. The fraction of sp³-hybridized carbons (Fsp3) is 0.217. The summed E-state index contributed by atoms with van der Waals surface area (Å²) < 4.78 is 43.5. The van der Waals surface area contributed by atoms with E-state index in [0.717, 1.165) is 11.1 Å². The third kappa shape index (κ3) is 6.35. The van der Waals surface area contributed by atoms with E-state index >= 15 is 0 Å². The zero-order valence-corrected chi connectivity index (χ0v) is 15.4. The second kappa shape index (κ2) is 10.4. The van der Waals surface area contributed by atoms with Crippen LogP contribution in [0.15, 0.2) is 72.8 Å². The molecule has 0 bridgehead atoms. The van der Waals surface area contributed by atoms with Crippen LogP contribution in [0.2, 0.25) is 0 Å². The van der Waals surface area contributed by atoms with Crippen molar-refractivity contribution < 1.29 is 23.0 Å². The van der Waals surface area contributed by atoms with Gasteiger partial charge in [-0.05, 0) is 41.8 Å².